The van der Waals surface area contributed by atoms with E-state index in [0.29, 0.717) is 25.9 Å². The number of alkyl halides is 6. The van der Waals surface area contributed by atoms with Crippen LogP contribution in [0.15, 0.2) is 18.2 Å². The smallest absolute Gasteiger partial charge is 0.389 e. The Morgan fingerprint density at radius 2 is 1.73 bits per heavy atom. The van der Waals surface area contributed by atoms with Gasteiger partial charge < -0.3 is 29.7 Å². The molecule has 0 aliphatic carbocycles. The van der Waals surface area contributed by atoms with Crippen molar-refractivity contribution in [1.82, 2.24) is 9.80 Å². The van der Waals surface area contributed by atoms with Crippen molar-refractivity contribution in [2.45, 2.75) is 96.3 Å². The van der Waals surface area contributed by atoms with Gasteiger partial charge in [-0.15, -0.1) is 0 Å². The van der Waals surface area contributed by atoms with Crippen LogP contribution in [0.5, 0.6) is 5.75 Å². The number of carbonyl (C=O) groups excluding carboxylic acids is 3. The summed E-state index contributed by atoms with van der Waals surface area (Å²) in [6.45, 7) is 5.00. The Morgan fingerprint density at radius 3 is 2.36 bits per heavy atom. The van der Waals surface area contributed by atoms with Gasteiger partial charge in [0.15, 0.2) is 0 Å². The standard InChI is InChI=1S/C30H43F6N3O6/c1-19-16-39(20(2)18-40)28(43)23-15-22(37-26(41)10-12-29(31,32)33)8-9-24(23)45-21(3)7-5-6-14-44-25(19)17-38(4)27(42)11-13-30(34,35)36/h8-9,15,19-21,25,40H,5-7,10-14,16-18H2,1-4H3,(H,37,41)/t19-,20+,21-,25+/m1/s1. The van der Waals surface area contributed by atoms with Crippen molar-refractivity contribution in [2.24, 2.45) is 5.92 Å². The van der Waals surface area contributed by atoms with Crippen LogP contribution in [0, 0.1) is 5.92 Å². The molecular formula is C30H43F6N3O6. The topological polar surface area (TPSA) is 108 Å². The average Bonchev–Trinajstić information content (AvgIpc) is 2.95. The van der Waals surface area contributed by atoms with E-state index in [9.17, 15) is 45.8 Å². The molecule has 45 heavy (non-hydrogen) atoms. The highest BCUT2D eigenvalue weighted by Crippen LogP contribution is 2.29. The molecule has 0 spiro atoms. The Balaban J connectivity index is 2.39. The van der Waals surface area contributed by atoms with Crippen LogP contribution >= 0.6 is 0 Å². The molecule has 0 radical (unpaired) electrons. The van der Waals surface area contributed by atoms with Gasteiger partial charge in [-0.2, -0.15) is 26.3 Å². The molecule has 2 rings (SSSR count). The minimum Gasteiger partial charge on any atom is -0.490 e. The predicted molar refractivity (Wildman–Crippen MR) is 154 cm³/mol. The fraction of sp³-hybridized carbons (Fsp3) is 0.700. The summed E-state index contributed by atoms with van der Waals surface area (Å²) in [5, 5.41) is 12.4. The highest BCUT2D eigenvalue weighted by atomic mass is 19.4. The first-order valence-corrected chi connectivity index (χ1v) is 14.9. The van der Waals surface area contributed by atoms with Gasteiger partial charge in [-0.05, 0) is 51.3 Å². The van der Waals surface area contributed by atoms with E-state index in [0.717, 1.165) is 0 Å². The number of amides is 3. The van der Waals surface area contributed by atoms with Crippen LogP contribution in [0.4, 0.5) is 32.0 Å². The Labute approximate surface area is 259 Å². The van der Waals surface area contributed by atoms with Crippen LogP contribution in [0.1, 0.15) is 76.1 Å². The molecule has 0 saturated heterocycles. The second kappa shape index (κ2) is 17.0. The fourth-order valence-corrected chi connectivity index (χ4v) is 4.75. The van der Waals surface area contributed by atoms with Gasteiger partial charge >= 0.3 is 12.4 Å². The van der Waals surface area contributed by atoms with Crippen LogP contribution in [0.2, 0.25) is 0 Å². The first-order valence-electron chi connectivity index (χ1n) is 14.9. The third-order valence-corrected chi connectivity index (χ3v) is 7.47. The molecule has 9 nitrogen and oxygen atoms in total. The lowest BCUT2D eigenvalue weighted by molar-refractivity contribution is -0.149. The van der Waals surface area contributed by atoms with Gasteiger partial charge in [-0.1, -0.05) is 6.92 Å². The van der Waals surface area contributed by atoms with Gasteiger partial charge in [0.1, 0.15) is 5.75 Å². The van der Waals surface area contributed by atoms with Crippen molar-refractivity contribution in [3.8, 4) is 5.75 Å². The van der Waals surface area contributed by atoms with Gasteiger partial charge in [0, 0.05) is 51.2 Å². The third kappa shape index (κ3) is 13.4. The Kier molecular flexibility index (Phi) is 14.4. The maximum absolute atomic E-state index is 14.0. The molecule has 0 saturated carbocycles. The normalized spacial score (nSPS) is 21.3. The molecular weight excluding hydrogens is 612 g/mol. The van der Waals surface area contributed by atoms with Crippen molar-refractivity contribution < 1.29 is 55.3 Å². The van der Waals surface area contributed by atoms with E-state index in [2.05, 4.69) is 5.32 Å². The highest BCUT2D eigenvalue weighted by molar-refractivity contribution is 5.99. The number of hydrogen-bond donors (Lipinski definition) is 2. The van der Waals surface area contributed by atoms with E-state index < -0.39 is 80.4 Å². The number of fused-ring (bicyclic) bond motifs is 1. The van der Waals surface area contributed by atoms with Crippen molar-refractivity contribution in [2.75, 3.05) is 38.7 Å². The third-order valence-electron chi connectivity index (χ3n) is 7.47. The molecule has 256 valence electrons. The maximum atomic E-state index is 14.0. The zero-order chi connectivity index (χ0) is 33.9. The van der Waals surface area contributed by atoms with Crippen LogP contribution in [-0.2, 0) is 14.3 Å². The van der Waals surface area contributed by atoms with E-state index in [1.165, 1.54) is 35.0 Å². The second-order valence-electron chi connectivity index (χ2n) is 11.6. The van der Waals surface area contributed by atoms with Gasteiger partial charge in [-0.3, -0.25) is 14.4 Å². The molecule has 0 aromatic heterocycles. The number of hydrogen-bond acceptors (Lipinski definition) is 6. The summed E-state index contributed by atoms with van der Waals surface area (Å²) in [6, 6.07) is 3.46. The second-order valence-corrected chi connectivity index (χ2v) is 11.6. The van der Waals surface area contributed by atoms with Crippen molar-refractivity contribution in [3.63, 3.8) is 0 Å². The molecule has 1 aromatic rings. The van der Waals surface area contributed by atoms with E-state index in [4.69, 9.17) is 9.47 Å². The summed E-state index contributed by atoms with van der Waals surface area (Å²) in [4.78, 5) is 41.2. The summed E-state index contributed by atoms with van der Waals surface area (Å²) in [6.07, 6.45) is -12.2. The summed E-state index contributed by atoms with van der Waals surface area (Å²) >= 11 is 0. The van der Waals surface area contributed by atoms with Crippen LogP contribution in [0.25, 0.3) is 0 Å². The van der Waals surface area contributed by atoms with Gasteiger partial charge in [-0.25, -0.2) is 0 Å². The number of nitrogens with zero attached hydrogens (tertiary/aromatic N) is 2. The molecule has 1 aliphatic heterocycles. The zero-order valence-corrected chi connectivity index (χ0v) is 26.0. The van der Waals surface area contributed by atoms with Gasteiger partial charge in [0.25, 0.3) is 5.91 Å². The number of benzene rings is 1. The first kappa shape index (κ1) is 38.1. The molecule has 2 N–H and O–H groups in total. The lowest BCUT2D eigenvalue weighted by Crippen LogP contribution is -2.48. The first-order chi connectivity index (χ1) is 20.9. The summed E-state index contributed by atoms with van der Waals surface area (Å²) in [5.41, 5.74) is 0.0912. The zero-order valence-electron chi connectivity index (χ0n) is 26.0. The number of likely N-dealkylation sites (N-methyl/N-ethyl adjacent to an activating group) is 1. The highest BCUT2D eigenvalue weighted by Gasteiger charge is 2.33. The van der Waals surface area contributed by atoms with Crippen molar-refractivity contribution >= 4 is 23.4 Å². The number of nitrogens with one attached hydrogen (secondary N) is 1. The number of carbonyl (C=O) groups is 3. The van der Waals surface area contributed by atoms with Crippen LogP contribution in [-0.4, -0.2) is 96.6 Å². The monoisotopic (exact) mass is 655 g/mol. The molecule has 4 atom stereocenters. The molecule has 0 fully saturated rings. The number of aliphatic hydroxyl groups is 1. The molecule has 3 amide bonds. The number of halogens is 6. The average molecular weight is 656 g/mol. The van der Waals surface area contributed by atoms with Crippen molar-refractivity contribution in [3.05, 3.63) is 23.8 Å². The van der Waals surface area contributed by atoms with Crippen LogP contribution in [0.3, 0.4) is 0 Å². The minimum absolute atomic E-state index is 0.00692. The molecule has 0 bridgehead atoms. The number of rotatable bonds is 9. The van der Waals surface area contributed by atoms with Crippen LogP contribution < -0.4 is 10.1 Å². The van der Waals surface area contributed by atoms with Crippen molar-refractivity contribution in [1.29, 1.82) is 0 Å². The van der Waals surface area contributed by atoms with E-state index in [1.807, 2.05) is 0 Å². The minimum atomic E-state index is -4.51. The summed E-state index contributed by atoms with van der Waals surface area (Å²) < 4.78 is 88.0. The van der Waals surface area contributed by atoms with Gasteiger partial charge in [0.05, 0.1) is 43.3 Å². The number of aliphatic hydroxyl groups excluding tert-OH is 1. The SMILES string of the molecule is C[C@@H]1CCCCO[C@@H](CN(C)C(=O)CCC(F)(F)F)[C@H](C)CN([C@@H](C)CO)C(=O)c2cc(NC(=O)CCC(F)(F)F)ccc2O1. The summed E-state index contributed by atoms with van der Waals surface area (Å²) in [5.74, 6) is -2.47. The maximum Gasteiger partial charge on any atom is 0.389 e. The lowest BCUT2D eigenvalue weighted by Gasteiger charge is -2.36. The lowest BCUT2D eigenvalue weighted by atomic mass is 10.0. The Morgan fingerprint density at radius 1 is 1.09 bits per heavy atom. The quantitative estimate of drug-likeness (QED) is 0.337. The fourth-order valence-electron chi connectivity index (χ4n) is 4.75. The van der Waals surface area contributed by atoms with Gasteiger partial charge in [0.2, 0.25) is 11.8 Å². The molecule has 1 aliphatic rings. The number of ether oxygens (including phenoxy) is 2. The molecule has 1 heterocycles. The van der Waals surface area contributed by atoms with E-state index >= 15 is 0 Å². The Bertz CT molecular complexity index is 1130. The predicted octanol–water partition coefficient (Wildman–Crippen LogP) is 5.56. The largest absolute Gasteiger partial charge is 0.490 e. The Hall–Kier alpha value is -3.07. The number of anilines is 1. The summed E-state index contributed by atoms with van der Waals surface area (Å²) in [7, 11) is 1.39. The molecule has 15 heteroatoms. The molecule has 0 unspecified atom stereocenters. The molecule has 1 aromatic carbocycles. The van der Waals surface area contributed by atoms with E-state index in [-0.39, 0.29) is 36.2 Å². The van der Waals surface area contributed by atoms with E-state index in [1.54, 1.807) is 20.8 Å².